The molecule has 0 saturated carbocycles. The van der Waals surface area contributed by atoms with Crippen LogP contribution >= 0.6 is 0 Å². The van der Waals surface area contributed by atoms with Crippen molar-refractivity contribution in [2.75, 3.05) is 0 Å². The van der Waals surface area contributed by atoms with Gasteiger partial charge in [0.25, 0.3) is 0 Å². The summed E-state index contributed by atoms with van der Waals surface area (Å²) in [5.41, 5.74) is 7.31. The maximum atomic E-state index is 5.91. The van der Waals surface area contributed by atoms with Crippen LogP contribution in [-0.4, -0.2) is 6.04 Å². The molecule has 1 heteroatoms. The first-order valence-corrected chi connectivity index (χ1v) is 4.31. The Bertz CT molecular complexity index is 177. The van der Waals surface area contributed by atoms with Gasteiger partial charge in [0.05, 0.1) is 0 Å². The van der Waals surface area contributed by atoms with Crippen LogP contribution in [0.4, 0.5) is 0 Å². The fourth-order valence-electron chi connectivity index (χ4n) is 1.38. The van der Waals surface area contributed by atoms with E-state index in [0.29, 0.717) is 0 Å². The average Bonchev–Trinajstić information content (AvgIpc) is 1.93. The third-order valence-corrected chi connectivity index (χ3v) is 1.96. The first-order chi connectivity index (χ1) is 5.20. The number of hydrogen-bond acceptors (Lipinski definition) is 1. The number of hydrogen-bond donors (Lipinski definition) is 1. The second kappa shape index (κ2) is 3.72. The highest BCUT2D eigenvalue weighted by molar-refractivity contribution is 5.23. The van der Waals surface area contributed by atoms with Gasteiger partial charge in [0.1, 0.15) is 0 Å². The maximum absolute atomic E-state index is 5.91. The van der Waals surface area contributed by atoms with Gasteiger partial charge in [0, 0.05) is 6.04 Å². The summed E-state index contributed by atoms with van der Waals surface area (Å²) >= 11 is 0. The Labute approximate surface area is 69.0 Å². The number of nitrogens with two attached hydrogens (primary N) is 1. The smallest absolute Gasteiger partial charge is 0.0291 e. The predicted octanol–water partition coefficient (Wildman–Crippen LogP) is 2.25. The zero-order chi connectivity index (χ0) is 8.27. The highest BCUT2D eigenvalue weighted by Crippen LogP contribution is 2.18. The molecule has 0 aromatic heterocycles. The standard InChI is InChI=1S/C10H17N/c1-8(2)7-9-5-3-4-6-10(9)11/h3-5,8,10H,6-7,11H2,1-2H3/t10-/m1/s1. The SMILES string of the molecule is CC(C)CC1=CC=CC[C@H]1N. The van der Waals surface area contributed by atoms with Gasteiger partial charge < -0.3 is 5.73 Å². The second-order valence-corrected chi connectivity index (χ2v) is 3.61. The summed E-state index contributed by atoms with van der Waals surface area (Å²) in [5.74, 6) is 0.721. The second-order valence-electron chi connectivity index (χ2n) is 3.61. The average molecular weight is 151 g/mol. The molecule has 0 radical (unpaired) electrons. The minimum absolute atomic E-state index is 0.280. The van der Waals surface area contributed by atoms with Crippen molar-refractivity contribution in [1.29, 1.82) is 0 Å². The van der Waals surface area contributed by atoms with E-state index in [0.717, 1.165) is 18.8 Å². The van der Waals surface area contributed by atoms with Crippen molar-refractivity contribution < 1.29 is 0 Å². The van der Waals surface area contributed by atoms with Crippen molar-refractivity contribution in [2.45, 2.75) is 32.7 Å². The predicted molar refractivity (Wildman–Crippen MR) is 49.3 cm³/mol. The van der Waals surface area contributed by atoms with E-state index >= 15 is 0 Å². The van der Waals surface area contributed by atoms with Crippen LogP contribution < -0.4 is 5.73 Å². The molecular weight excluding hydrogens is 134 g/mol. The van der Waals surface area contributed by atoms with E-state index in [1.54, 1.807) is 0 Å². The van der Waals surface area contributed by atoms with Gasteiger partial charge in [-0.1, -0.05) is 37.6 Å². The largest absolute Gasteiger partial charge is 0.324 e. The Morgan fingerprint density at radius 1 is 1.64 bits per heavy atom. The molecule has 0 bridgehead atoms. The quantitative estimate of drug-likeness (QED) is 0.643. The Morgan fingerprint density at radius 3 is 2.91 bits per heavy atom. The summed E-state index contributed by atoms with van der Waals surface area (Å²) < 4.78 is 0. The van der Waals surface area contributed by atoms with Crippen LogP contribution in [-0.2, 0) is 0 Å². The molecule has 1 atom stereocenters. The Morgan fingerprint density at radius 2 is 2.36 bits per heavy atom. The van der Waals surface area contributed by atoms with Crippen molar-refractivity contribution >= 4 is 0 Å². The van der Waals surface area contributed by atoms with Crippen LogP contribution in [0, 0.1) is 5.92 Å². The third kappa shape index (κ3) is 2.51. The van der Waals surface area contributed by atoms with E-state index in [2.05, 4.69) is 32.1 Å². The fraction of sp³-hybridized carbons (Fsp3) is 0.600. The summed E-state index contributed by atoms with van der Waals surface area (Å²) in [6.45, 7) is 4.46. The number of allylic oxidation sites excluding steroid dienone is 2. The van der Waals surface area contributed by atoms with Crippen molar-refractivity contribution in [3.63, 3.8) is 0 Å². The molecule has 0 heterocycles. The van der Waals surface area contributed by atoms with Gasteiger partial charge in [-0.15, -0.1) is 0 Å². The summed E-state index contributed by atoms with van der Waals surface area (Å²) in [6.07, 6.45) is 8.56. The monoisotopic (exact) mass is 151 g/mol. The lowest BCUT2D eigenvalue weighted by Crippen LogP contribution is -2.24. The summed E-state index contributed by atoms with van der Waals surface area (Å²) in [7, 11) is 0. The van der Waals surface area contributed by atoms with Gasteiger partial charge in [-0.25, -0.2) is 0 Å². The lowest BCUT2D eigenvalue weighted by atomic mass is 9.92. The zero-order valence-electron chi connectivity index (χ0n) is 7.38. The van der Waals surface area contributed by atoms with Crippen molar-refractivity contribution in [3.05, 3.63) is 23.8 Å². The Balaban J connectivity index is 2.54. The highest BCUT2D eigenvalue weighted by atomic mass is 14.6. The number of rotatable bonds is 2. The summed E-state index contributed by atoms with van der Waals surface area (Å²) in [6, 6.07) is 0.280. The molecule has 1 aliphatic rings. The molecule has 0 aliphatic heterocycles. The molecule has 0 aromatic carbocycles. The van der Waals surface area contributed by atoms with Crippen molar-refractivity contribution in [2.24, 2.45) is 11.7 Å². The van der Waals surface area contributed by atoms with E-state index in [1.807, 2.05) is 0 Å². The van der Waals surface area contributed by atoms with E-state index in [1.165, 1.54) is 5.57 Å². The van der Waals surface area contributed by atoms with Crippen LogP contribution in [0.3, 0.4) is 0 Å². The van der Waals surface area contributed by atoms with Gasteiger partial charge >= 0.3 is 0 Å². The van der Waals surface area contributed by atoms with Gasteiger partial charge in [0.2, 0.25) is 0 Å². The van der Waals surface area contributed by atoms with E-state index in [-0.39, 0.29) is 6.04 Å². The molecule has 1 nitrogen and oxygen atoms in total. The molecule has 1 aliphatic carbocycles. The van der Waals surface area contributed by atoms with Crippen LogP contribution in [0.25, 0.3) is 0 Å². The van der Waals surface area contributed by atoms with E-state index in [9.17, 15) is 0 Å². The molecule has 11 heavy (non-hydrogen) atoms. The lowest BCUT2D eigenvalue weighted by Gasteiger charge is -2.18. The first-order valence-electron chi connectivity index (χ1n) is 4.31. The normalized spacial score (nSPS) is 24.0. The van der Waals surface area contributed by atoms with Crippen LogP contribution in [0.2, 0.25) is 0 Å². The fourth-order valence-corrected chi connectivity index (χ4v) is 1.38. The maximum Gasteiger partial charge on any atom is 0.0291 e. The first kappa shape index (κ1) is 8.54. The molecule has 62 valence electrons. The topological polar surface area (TPSA) is 26.0 Å². The molecule has 0 spiro atoms. The van der Waals surface area contributed by atoms with Gasteiger partial charge in [-0.2, -0.15) is 0 Å². The van der Waals surface area contributed by atoms with Gasteiger partial charge in [-0.05, 0) is 18.8 Å². The third-order valence-electron chi connectivity index (χ3n) is 1.96. The van der Waals surface area contributed by atoms with Gasteiger partial charge in [-0.3, -0.25) is 0 Å². The van der Waals surface area contributed by atoms with E-state index in [4.69, 9.17) is 5.73 Å². The minimum Gasteiger partial charge on any atom is -0.324 e. The summed E-state index contributed by atoms with van der Waals surface area (Å²) in [4.78, 5) is 0. The molecule has 2 N–H and O–H groups in total. The molecule has 0 amide bonds. The molecule has 0 aromatic rings. The Kier molecular flexibility index (Phi) is 2.89. The molecule has 0 unspecified atom stereocenters. The van der Waals surface area contributed by atoms with Crippen LogP contribution in [0.15, 0.2) is 23.8 Å². The molecular formula is C10H17N. The lowest BCUT2D eigenvalue weighted by molar-refractivity contribution is 0.596. The summed E-state index contributed by atoms with van der Waals surface area (Å²) in [5, 5.41) is 0. The minimum atomic E-state index is 0.280. The van der Waals surface area contributed by atoms with E-state index < -0.39 is 0 Å². The van der Waals surface area contributed by atoms with Gasteiger partial charge in [0.15, 0.2) is 0 Å². The van der Waals surface area contributed by atoms with Crippen molar-refractivity contribution in [3.8, 4) is 0 Å². The van der Waals surface area contributed by atoms with Crippen molar-refractivity contribution in [1.82, 2.24) is 0 Å². The van der Waals surface area contributed by atoms with Crippen LogP contribution in [0.5, 0.6) is 0 Å². The molecule has 0 fully saturated rings. The Hall–Kier alpha value is -0.560. The zero-order valence-corrected chi connectivity index (χ0v) is 7.38. The molecule has 0 saturated heterocycles. The highest BCUT2D eigenvalue weighted by Gasteiger charge is 2.10. The van der Waals surface area contributed by atoms with Crippen LogP contribution in [0.1, 0.15) is 26.7 Å². The molecule has 1 rings (SSSR count).